The van der Waals surface area contributed by atoms with Gasteiger partial charge in [-0.1, -0.05) is 12.1 Å². The first kappa shape index (κ1) is 29.6. The fourth-order valence-electron chi connectivity index (χ4n) is 3.11. The first-order valence-electron chi connectivity index (χ1n) is 12.1. The third-order valence-corrected chi connectivity index (χ3v) is 4.53. The molecule has 0 aromatic heterocycles. The van der Waals surface area contributed by atoms with Gasteiger partial charge in [0.15, 0.2) is 0 Å². The van der Waals surface area contributed by atoms with Crippen molar-refractivity contribution < 1.29 is 28.5 Å². The van der Waals surface area contributed by atoms with Crippen molar-refractivity contribution in [3.63, 3.8) is 0 Å². The van der Waals surface area contributed by atoms with E-state index in [1.54, 1.807) is 27.9 Å². The van der Waals surface area contributed by atoms with Crippen LogP contribution in [0.4, 0.5) is 4.79 Å². The molecule has 0 unspecified atom stereocenters. The summed E-state index contributed by atoms with van der Waals surface area (Å²) in [5, 5.41) is 0. The minimum Gasteiger partial charge on any atom is -0.494 e. The Morgan fingerprint density at radius 3 is 2.03 bits per heavy atom. The number of amides is 1. The van der Waals surface area contributed by atoms with Gasteiger partial charge < -0.3 is 18.9 Å². The van der Waals surface area contributed by atoms with E-state index in [1.807, 2.05) is 45.0 Å². The molecule has 0 atom stereocenters. The highest BCUT2D eigenvalue weighted by molar-refractivity contribution is 6.03. The van der Waals surface area contributed by atoms with E-state index in [-0.39, 0.29) is 6.42 Å². The van der Waals surface area contributed by atoms with Gasteiger partial charge in [0.25, 0.3) is 0 Å². The van der Waals surface area contributed by atoms with Gasteiger partial charge in [0.05, 0.1) is 13.0 Å². The quantitative estimate of drug-likeness (QED) is 0.188. The predicted octanol–water partition coefficient (Wildman–Crippen LogP) is 6.31. The van der Waals surface area contributed by atoms with Gasteiger partial charge in [-0.15, -0.1) is 0 Å². The third-order valence-electron chi connectivity index (χ3n) is 4.53. The highest BCUT2D eigenvalue weighted by atomic mass is 16.6. The number of aliphatic imine (C=N–C) groups is 1. The number of carbonyl (C=O) groups is 2. The summed E-state index contributed by atoms with van der Waals surface area (Å²) in [5.41, 5.74) is 0.381. The molecule has 1 aromatic rings. The number of carbonyl (C=O) groups excluding carboxylic acids is 2. The van der Waals surface area contributed by atoms with Gasteiger partial charge in [0.1, 0.15) is 17.0 Å². The monoisotopic (exact) mass is 477 g/mol. The number of unbranched alkanes of at least 4 members (excludes halogenated alkanes) is 2. The molecular formula is C27H43NO6. The maximum atomic E-state index is 12.3. The largest absolute Gasteiger partial charge is 0.494 e. The zero-order valence-electron chi connectivity index (χ0n) is 22.1. The number of esters is 1. The van der Waals surface area contributed by atoms with Crippen LogP contribution in [-0.2, 0) is 25.4 Å². The molecule has 0 saturated heterocycles. The van der Waals surface area contributed by atoms with Crippen LogP contribution >= 0.6 is 0 Å². The van der Waals surface area contributed by atoms with Crippen molar-refractivity contribution >= 4 is 17.8 Å². The summed E-state index contributed by atoms with van der Waals surface area (Å²) in [7, 11) is 1.72. The van der Waals surface area contributed by atoms with Gasteiger partial charge in [-0.2, -0.15) is 4.99 Å². The number of ether oxygens (including phenoxy) is 4. The average molecular weight is 478 g/mol. The van der Waals surface area contributed by atoms with E-state index in [0.717, 1.165) is 50.0 Å². The molecule has 7 nitrogen and oxygen atoms in total. The molecule has 0 spiro atoms. The molecule has 0 aliphatic carbocycles. The normalized spacial score (nSPS) is 12.4. The predicted molar refractivity (Wildman–Crippen MR) is 135 cm³/mol. The number of benzene rings is 1. The van der Waals surface area contributed by atoms with E-state index in [2.05, 4.69) is 4.99 Å². The van der Waals surface area contributed by atoms with Crippen LogP contribution in [0.2, 0.25) is 0 Å². The molecule has 0 N–H and O–H groups in total. The van der Waals surface area contributed by atoms with Crippen LogP contribution in [0, 0.1) is 0 Å². The van der Waals surface area contributed by atoms with Crippen LogP contribution in [0.3, 0.4) is 0 Å². The lowest BCUT2D eigenvalue weighted by atomic mass is 10.0. The Labute approximate surface area is 205 Å². The Kier molecular flexibility index (Phi) is 12.9. The smallest absolute Gasteiger partial charge is 0.434 e. The fraction of sp³-hybridized carbons (Fsp3) is 0.667. The summed E-state index contributed by atoms with van der Waals surface area (Å²) in [6.07, 6.45) is 4.45. The first-order valence-corrected chi connectivity index (χ1v) is 12.1. The molecule has 0 heterocycles. The van der Waals surface area contributed by atoms with Crippen molar-refractivity contribution in [1.82, 2.24) is 0 Å². The van der Waals surface area contributed by atoms with Crippen molar-refractivity contribution in [1.29, 1.82) is 0 Å². The molecule has 34 heavy (non-hydrogen) atoms. The van der Waals surface area contributed by atoms with Gasteiger partial charge in [0, 0.05) is 19.4 Å². The molecule has 0 aliphatic heterocycles. The van der Waals surface area contributed by atoms with E-state index in [4.69, 9.17) is 18.9 Å². The van der Waals surface area contributed by atoms with Gasteiger partial charge in [0.2, 0.25) is 0 Å². The zero-order chi connectivity index (χ0) is 25.6. The summed E-state index contributed by atoms with van der Waals surface area (Å²) < 4.78 is 21.5. The second-order valence-corrected chi connectivity index (χ2v) is 10.3. The number of aryl methyl sites for hydroxylation is 1. The molecule has 0 aliphatic rings. The maximum Gasteiger partial charge on any atom is 0.434 e. The van der Waals surface area contributed by atoms with E-state index >= 15 is 0 Å². The summed E-state index contributed by atoms with van der Waals surface area (Å²) >= 11 is 0. The fourth-order valence-corrected chi connectivity index (χ4v) is 3.11. The van der Waals surface area contributed by atoms with Crippen LogP contribution in [0.25, 0.3) is 0 Å². The summed E-state index contributed by atoms with van der Waals surface area (Å²) in [6, 6.07) is 8.03. The number of methoxy groups -OCH3 is 1. The molecule has 1 aromatic carbocycles. The summed E-state index contributed by atoms with van der Waals surface area (Å²) in [5.74, 6) is 0.450. The Morgan fingerprint density at radius 1 is 0.824 bits per heavy atom. The van der Waals surface area contributed by atoms with Crippen molar-refractivity contribution in [2.75, 3.05) is 20.3 Å². The Morgan fingerprint density at radius 2 is 1.44 bits per heavy atom. The zero-order valence-corrected chi connectivity index (χ0v) is 22.1. The number of nitrogens with zero attached hydrogens (tertiary/aromatic N) is 1. The van der Waals surface area contributed by atoms with Crippen molar-refractivity contribution in [2.45, 2.75) is 97.7 Å². The molecule has 0 fully saturated rings. The molecule has 0 radical (unpaired) electrons. The molecular weight excluding hydrogens is 434 g/mol. The van der Waals surface area contributed by atoms with Crippen molar-refractivity contribution in [2.24, 2.45) is 4.99 Å². The lowest BCUT2D eigenvalue weighted by Crippen LogP contribution is -2.26. The Bertz CT molecular complexity index is 772. The minimum absolute atomic E-state index is 0.0341. The summed E-state index contributed by atoms with van der Waals surface area (Å²) in [4.78, 5) is 28.5. The molecule has 0 saturated carbocycles. The Balaban J connectivity index is 2.59. The van der Waals surface area contributed by atoms with Gasteiger partial charge in [-0.05, 0) is 97.8 Å². The first-order chi connectivity index (χ1) is 15.9. The third kappa shape index (κ3) is 15.4. The lowest BCUT2D eigenvalue weighted by molar-refractivity contribution is -0.153. The average Bonchev–Trinajstić information content (AvgIpc) is 2.68. The van der Waals surface area contributed by atoms with Crippen LogP contribution in [0.5, 0.6) is 5.75 Å². The molecule has 1 rings (SSSR count). The topological polar surface area (TPSA) is 83.4 Å². The second kappa shape index (κ2) is 14.8. The minimum atomic E-state index is -0.685. The van der Waals surface area contributed by atoms with Crippen LogP contribution in [-0.4, -0.2) is 49.3 Å². The molecule has 0 bridgehead atoms. The molecule has 192 valence electrons. The van der Waals surface area contributed by atoms with Crippen molar-refractivity contribution in [3.8, 4) is 5.75 Å². The van der Waals surface area contributed by atoms with E-state index in [9.17, 15) is 9.59 Å². The van der Waals surface area contributed by atoms with Crippen LogP contribution in [0.15, 0.2) is 29.3 Å². The second-order valence-electron chi connectivity index (χ2n) is 10.3. The van der Waals surface area contributed by atoms with E-state index in [1.165, 1.54) is 0 Å². The highest BCUT2D eigenvalue weighted by Crippen LogP contribution is 2.16. The van der Waals surface area contributed by atoms with Crippen LogP contribution < -0.4 is 4.74 Å². The van der Waals surface area contributed by atoms with Crippen molar-refractivity contribution in [3.05, 3.63) is 29.8 Å². The number of hydrogen-bond donors (Lipinski definition) is 0. The SMILES string of the molecule is COCCCCCOc1ccc(CCCC(CC(=O)OC(C)(C)C)=NC(=O)OC(C)(C)C)cc1. The van der Waals surface area contributed by atoms with Gasteiger partial charge >= 0.3 is 12.1 Å². The molecule has 7 heteroatoms. The van der Waals surface area contributed by atoms with E-state index < -0.39 is 23.3 Å². The standard InChI is InChI=1S/C27H43NO6/c1-26(2,3)33-24(29)20-22(28-25(30)34-27(4,5)6)13-11-12-21-14-16-23(17-15-21)32-19-10-8-9-18-31-7/h14-17H,8-13,18-20H2,1-7H3. The van der Waals surface area contributed by atoms with Gasteiger partial charge in [-0.25, -0.2) is 4.79 Å². The molecule has 1 amide bonds. The maximum absolute atomic E-state index is 12.3. The van der Waals surface area contributed by atoms with E-state index in [0.29, 0.717) is 18.7 Å². The number of rotatable bonds is 13. The van der Waals surface area contributed by atoms with Gasteiger partial charge in [-0.3, -0.25) is 4.79 Å². The lowest BCUT2D eigenvalue weighted by Gasteiger charge is -2.20. The Hall–Kier alpha value is -2.41. The number of hydrogen-bond acceptors (Lipinski definition) is 6. The van der Waals surface area contributed by atoms with Crippen LogP contribution in [0.1, 0.15) is 85.6 Å². The highest BCUT2D eigenvalue weighted by Gasteiger charge is 2.20. The summed E-state index contributed by atoms with van der Waals surface area (Å²) in [6.45, 7) is 12.3.